The number of aromatic amines is 1. The van der Waals surface area contributed by atoms with Gasteiger partial charge in [-0.25, -0.2) is 24.2 Å². The van der Waals surface area contributed by atoms with Gasteiger partial charge >= 0.3 is 12.1 Å². The predicted octanol–water partition coefficient (Wildman–Crippen LogP) is 7.54. The first-order chi connectivity index (χ1) is 28.7. The zero-order chi connectivity index (χ0) is 42.6. The number of urea groups is 1. The number of imide groups is 1. The molecule has 2 fully saturated rings. The summed E-state index contributed by atoms with van der Waals surface area (Å²) >= 11 is 0. The highest BCUT2D eigenvalue weighted by Crippen LogP contribution is 2.41. The Morgan fingerprint density at radius 1 is 0.883 bits per heavy atom. The molecule has 3 aromatic heterocycles. The molecular weight excluding hydrogens is 763 g/mol. The molecule has 3 aliphatic rings. The number of anilines is 3. The van der Waals surface area contributed by atoms with E-state index >= 15 is 0 Å². The molecule has 1 aliphatic heterocycles. The minimum Gasteiger partial charge on any atom is -0.465 e. The van der Waals surface area contributed by atoms with Crippen LogP contribution in [0.1, 0.15) is 123 Å². The van der Waals surface area contributed by atoms with Crippen molar-refractivity contribution in [1.29, 1.82) is 0 Å². The zero-order valence-corrected chi connectivity index (χ0v) is 34.6. The summed E-state index contributed by atoms with van der Waals surface area (Å²) in [6.45, 7) is 10.1. The maximum Gasteiger partial charge on any atom is 0.413 e. The third kappa shape index (κ3) is 9.48. The molecule has 2 saturated carbocycles. The van der Waals surface area contributed by atoms with Crippen molar-refractivity contribution in [3.05, 3.63) is 113 Å². The monoisotopic (exact) mass is 815 g/mol. The molecular formula is C44H53N11O5. The van der Waals surface area contributed by atoms with Gasteiger partial charge in [-0.3, -0.25) is 24.5 Å². The van der Waals surface area contributed by atoms with E-state index in [4.69, 9.17) is 5.10 Å². The molecule has 4 atom stereocenters. The predicted molar refractivity (Wildman–Crippen MR) is 226 cm³/mol. The Balaban J connectivity index is 0.000000197. The zero-order valence-electron chi connectivity index (χ0n) is 34.6. The Hall–Kier alpha value is -6.58. The second kappa shape index (κ2) is 17.7. The summed E-state index contributed by atoms with van der Waals surface area (Å²) in [7, 11) is 0. The summed E-state index contributed by atoms with van der Waals surface area (Å²) in [5.74, 6) is 1.65. The lowest BCUT2D eigenvalue weighted by atomic mass is 10.0. The Morgan fingerprint density at radius 3 is 2.20 bits per heavy atom. The summed E-state index contributed by atoms with van der Waals surface area (Å²) in [6.07, 6.45) is 7.29. The number of hydrogen-bond donors (Lipinski definition) is 5. The fraction of sp³-hybridized carbons (Fsp3) is 0.409. The second-order valence-corrected chi connectivity index (χ2v) is 16.9. The first kappa shape index (κ1) is 41.6. The van der Waals surface area contributed by atoms with Crippen LogP contribution in [0.15, 0.2) is 85.2 Å². The number of carboxylic acid groups (broad SMARTS) is 1. The van der Waals surface area contributed by atoms with Gasteiger partial charge in [-0.1, -0.05) is 42.5 Å². The molecule has 0 unspecified atom stereocenters. The van der Waals surface area contributed by atoms with Crippen molar-refractivity contribution in [1.82, 2.24) is 45.5 Å². The van der Waals surface area contributed by atoms with Crippen molar-refractivity contribution >= 4 is 41.5 Å². The highest BCUT2D eigenvalue weighted by atomic mass is 16.4. The standard InChI is InChI=1S/C28H30N4O4.C16H23N7O/c1-28(2,3)32-24(30(27(35)36)17-18-9-5-4-6-10-18)16-23(29-32)19-13-14-20(15-19)31-25(33)21-11-7-8-12-22(21)26(31)34;1-10(2)19-16(24)20-12-5-4-11(8-12)13-9-14(23-22-13)21-15-17-6-3-7-18-15/h4-12,16,19-20H,13-15,17H2,1-3H3,(H,35,36);3,6-7,9-12H,4-5,8H2,1-2H3,(H2,19,20,24)(H2,17,18,21,22,23)/t19-,20+;11-,12+/m01/s1. The summed E-state index contributed by atoms with van der Waals surface area (Å²) in [5.41, 5.74) is 3.22. The third-order valence-electron chi connectivity index (χ3n) is 11.1. The van der Waals surface area contributed by atoms with Gasteiger partial charge in [0.1, 0.15) is 5.82 Å². The van der Waals surface area contributed by atoms with Gasteiger partial charge in [-0.15, -0.1) is 0 Å². The molecule has 5 aromatic rings. The van der Waals surface area contributed by atoms with E-state index in [2.05, 4.69) is 36.1 Å². The van der Waals surface area contributed by atoms with Crippen LogP contribution in [0.3, 0.4) is 0 Å². The van der Waals surface area contributed by atoms with E-state index in [0.29, 0.717) is 47.5 Å². The van der Waals surface area contributed by atoms with Gasteiger partial charge in [0, 0.05) is 60.2 Å². The number of aromatic nitrogens is 6. The van der Waals surface area contributed by atoms with Gasteiger partial charge < -0.3 is 21.1 Å². The van der Waals surface area contributed by atoms with E-state index in [1.54, 1.807) is 47.4 Å². The average molecular weight is 816 g/mol. The molecule has 2 aliphatic carbocycles. The topological polar surface area (TPSA) is 203 Å². The number of amides is 5. The quantitative estimate of drug-likeness (QED) is 0.0877. The summed E-state index contributed by atoms with van der Waals surface area (Å²) < 4.78 is 1.77. The molecule has 0 bridgehead atoms. The molecule has 60 heavy (non-hydrogen) atoms. The number of hydrogen-bond acceptors (Lipinski definition) is 9. The lowest BCUT2D eigenvalue weighted by molar-refractivity contribution is 0.0586. The minimum atomic E-state index is -1.05. The van der Waals surface area contributed by atoms with Crippen LogP contribution < -0.4 is 20.9 Å². The van der Waals surface area contributed by atoms with E-state index in [-0.39, 0.29) is 48.4 Å². The first-order valence-corrected chi connectivity index (χ1v) is 20.5. The van der Waals surface area contributed by atoms with Crippen LogP contribution >= 0.6 is 0 Å². The van der Waals surface area contributed by atoms with Crippen LogP contribution in [0.4, 0.5) is 27.2 Å². The first-order valence-electron chi connectivity index (χ1n) is 20.5. The van der Waals surface area contributed by atoms with Gasteiger partial charge in [0.2, 0.25) is 5.95 Å². The second-order valence-electron chi connectivity index (χ2n) is 16.9. The molecule has 2 aromatic carbocycles. The molecule has 5 amide bonds. The van der Waals surface area contributed by atoms with Crippen LogP contribution in [0.2, 0.25) is 0 Å². The average Bonchev–Trinajstić information content (AvgIpc) is 4.07. The smallest absolute Gasteiger partial charge is 0.413 e. The number of fused-ring (bicyclic) bond motifs is 1. The normalized spacial score (nSPS) is 19.8. The Morgan fingerprint density at radius 2 is 1.55 bits per heavy atom. The van der Waals surface area contributed by atoms with Crippen LogP contribution in [-0.4, -0.2) is 82.0 Å². The lowest BCUT2D eigenvalue weighted by Crippen LogP contribution is -2.43. The Labute approximate surface area is 349 Å². The van der Waals surface area contributed by atoms with E-state index in [1.165, 1.54) is 9.80 Å². The maximum atomic E-state index is 13.0. The van der Waals surface area contributed by atoms with Crippen LogP contribution in [0.5, 0.6) is 0 Å². The van der Waals surface area contributed by atoms with Gasteiger partial charge in [0.05, 0.1) is 28.9 Å². The molecule has 314 valence electrons. The highest BCUT2D eigenvalue weighted by Gasteiger charge is 2.43. The number of nitrogens with zero attached hydrogens (tertiary/aromatic N) is 7. The largest absolute Gasteiger partial charge is 0.465 e. The number of carbonyl (C=O) groups excluding carboxylic acids is 3. The summed E-state index contributed by atoms with van der Waals surface area (Å²) in [6, 6.07) is 22.1. The van der Waals surface area contributed by atoms with Crippen molar-refractivity contribution in [3.63, 3.8) is 0 Å². The molecule has 8 rings (SSSR count). The Bertz CT molecular complexity index is 2270. The van der Waals surface area contributed by atoms with Crippen molar-refractivity contribution in [2.24, 2.45) is 0 Å². The molecule has 0 spiro atoms. The summed E-state index contributed by atoms with van der Waals surface area (Å²) in [4.78, 5) is 61.0. The van der Waals surface area contributed by atoms with Gasteiger partial charge in [0.25, 0.3) is 11.8 Å². The lowest BCUT2D eigenvalue weighted by Gasteiger charge is -2.27. The number of carbonyl (C=O) groups is 4. The molecule has 0 saturated heterocycles. The van der Waals surface area contributed by atoms with Crippen LogP contribution in [0.25, 0.3) is 0 Å². The third-order valence-corrected chi connectivity index (χ3v) is 11.1. The van der Waals surface area contributed by atoms with E-state index in [0.717, 1.165) is 42.6 Å². The van der Waals surface area contributed by atoms with Gasteiger partial charge in [-0.2, -0.15) is 10.2 Å². The summed E-state index contributed by atoms with van der Waals surface area (Å²) in [5, 5.41) is 31.3. The van der Waals surface area contributed by atoms with Gasteiger partial charge in [0.15, 0.2) is 5.82 Å². The van der Waals surface area contributed by atoms with Crippen molar-refractivity contribution in [3.8, 4) is 0 Å². The Kier molecular flexibility index (Phi) is 12.3. The van der Waals surface area contributed by atoms with E-state index in [1.807, 2.05) is 77.1 Å². The van der Waals surface area contributed by atoms with Crippen molar-refractivity contribution in [2.45, 2.75) is 115 Å². The maximum absolute atomic E-state index is 13.0. The van der Waals surface area contributed by atoms with Gasteiger partial charge in [-0.05, 0) is 96.9 Å². The SMILES string of the molecule is CC(C)(C)n1nc([C@H]2CC[C@@H](N3C(=O)c4ccccc4C3=O)C2)cc1N(Cc1ccccc1)C(=O)O.CC(C)NC(=O)N[C@H]1CC[C@@H](c2cc(Nc3ncccn3)n[nH]2)C1. The molecule has 5 N–H and O–H groups in total. The fourth-order valence-corrected chi connectivity index (χ4v) is 8.26. The molecule has 16 nitrogen and oxygen atoms in total. The van der Waals surface area contributed by atoms with E-state index < -0.39 is 11.6 Å². The number of nitrogens with one attached hydrogen (secondary N) is 4. The van der Waals surface area contributed by atoms with E-state index in [9.17, 15) is 24.3 Å². The molecule has 16 heteroatoms. The molecule has 0 radical (unpaired) electrons. The molecule has 4 heterocycles. The van der Waals surface area contributed by atoms with Crippen LogP contribution in [0, 0.1) is 0 Å². The number of benzene rings is 2. The number of H-pyrrole nitrogens is 1. The highest BCUT2D eigenvalue weighted by molar-refractivity contribution is 6.21. The fourth-order valence-electron chi connectivity index (χ4n) is 8.26. The van der Waals surface area contributed by atoms with Crippen molar-refractivity contribution < 1.29 is 24.3 Å². The van der Waals surface area contributed by atoms with Crippen molar-refractivity contribution in [2.75, 3.05) is 10.2 Å². The van der Waals surface area contributed by atoms with Crippen LogP contribution in [-0.2, 0) is 12.1 Å². The minimum absolute atomic E-state index is 0.0223. The number of rotatable bonds is 10.